The number of rotatable bonds is 4. The van der Waals surface area contributed by atoms with Gasteiger partial charge < -0.3 is 9.64 Å². The predicted octanol–water partition coefficient (Wildman–Crippen LogP) is 3.12. The van der Waals surface area contributed by atoms with Crippen LogP contribution in [0.1, 0.15) is 27.2 Å². The van der Waals surface area contributed by atoms with E-state index in [1.807, 2.05) is 6.92 Å². The van der Waals surface area contributed by atoms with Gasteiger partial charge in [-0.1, -0.05) is 20.4 Å². The second-order valence-electron chi connectivity index (χ2n) is 4.80. The molecule has 3 heteroatoms. The molecule has 0 unspecified atom stereocenters. The van der Waals surface area contributed by atoms with Gasteiger partial charge in [0, 0.05) is 18.5 Å². The smallest absolute Gasteiger partial charge is 0.0980 e. The Kier molecular flexibility index (Phi) is 4.54. The molecule has 1 aliphatic rings. The monoisotopic (exact) mass is 227 g/mol. The van der Waals surface area contributed by atoms with E-state index in [9.17, 15) is 4.39 Å². The molecule has 0 saturated carbocycles. The zero-order valence-electron chi connectivity index (χ0n) is 10.6. The Balaban J connectivity index is 2.72. The predicted molar refractivity (Wildman–Crippen MR) is 64.8 cm³/mol. The van der Waals surface area contributed by atoms with Crippen molar-refractivity contribution < 1.29 is 9.13 Å². The van der Waals surface area contributed by atoms with Crippen LogP contribution in [0.2, 0.25) is 0 Å². The summed E-state index contributed by atoms with van der Waals surface area (Å²) >= 11 is 0. The van der Waals surface area contributed by atoms with E-state index in [1.54, 1.807) is 0 Å². The van der Waals surface area contributed by atoms with E-state index < -0.39 is 0 Å². The van der Waals surface area contributed by atoms with E-state index in [0.29, 0.717) is 12.4 Å². The van der Waals surface area contributed by atoms with Crippen molar-refractivity contribution in [2.45, 2.75) is 27.2 Å². The highest BCUT2D eigenvalue weighted by Crippen LogP contribution is 2.35. The van der Waals surface area contributed by atoms with Crippen LogP contribution in [0.15, 0.2) is 24.2 Å². The summed E-state index contributed by atoms with van der Waals surface area (Å²) in [6.45, 7) is 13.0. The number of allylic oxidation sites excluding steroid dienone is 1. The number of piperidine rings is 1. The molecule has 0 aliphatic carbocycles. The van der Waals surface area contributed by atoms with E-state index in [2.05, 4.69) is 25.3 Å². The highest BCUT2D eigenvalue weighted by atomic mass is 19.1. The highest BCUT2D eigenvalue weighted by molar-refractivity contribution is 5.15. The average molecular weight is 227 g/mol. The van der Waals surface area contributed by atoms with Gasteiger partial charge >= 0.3 is 0 Å². The van der Waals surface area contributed by atoms with Crippen molar-refractivity contribution >= 4 is 0 Å². The lowest BCUT2D eigenvalue weighted by atomic mass is 9.78. The van der Waals surface area contributed by atoms with Crippen LogP contribution in [0.4, 0.5) is 4.39 Å². The van der Waals surface area contributed by atoms with E-state index in [0.717, 1.165) is 38.0 Å². The molecule has 92 valence electrons. The molecule has 16 heavy (non-hydrogen) atoms. The van der Waals surface area contributed by atoms with Gasteiger partial charge in [-0.25, -0.2) is 4.39 Å². The number of hydrogen-bond donors (Lipinski definition) is 0. The molecular formula is C13H22FNO. The van der Waals surface area contributed by atoms with Gasteiger partial charge in [0.05, 0.1) is 18.7 Å². The van der Waals surface area contributed by atoms with Crippen LogP contribution in [0.3, 0.4) is 0 Å². The van der Waals surface area contributed by atoms with Gasteiger partial charge in [0.2, 0.25) is 0 Å². The first-order valence-electron chi connectivity index (χ1n) is 5.82. The number of ether oxygens (including phenoxy) is 1. The van der Waals surface area contributed by atoms with Gasteiger partial charge in [-0.05, 0) is 25.5 Å². The SMILES string of the molecule is C=C(C)OC[C@]1(C)CN(CC)CC/C1=C\F. The van der Waals surface area contributed by atoms with Crippen molar-refractivity contribution in [1.82, 2.24) is 4.90 Å². The summed E-state index contributed by atoms with van der Waals surface area (Å²) in [5, 5.41) is 0. The van der Waals surface area contributed by atoms with Crippen LogP contribution in [-0.4, -0.2) is 31.1 Å². The molecule has 0 bridgehead atoms. The van der Waals surface area contributed by atoms with Crippen molar-refractivity contribution in [2.24, 2.45) is 5.41 Å². The molecule has 1 rings (SSSR count). The summed E-state index contributed by atoms with van der Waals surface area (Å²) in [5.41, 5.74) is 0.639. The molecule has 0 aromatic heterocycles. The van der Waals surface area contributed by atoms with Crippen molar-refractivity contribution in [1.29, 1.82) is 0 Å². The number of nitrogens with zero attached hydrogens (tertiary/aromatic N) is 1. The van der Waals surface area contributed by atoms with Crippen LogP contribution in [0, 0.1) is 5.41 Å². The maximum Gasteiger partial charge on any atom is 0.0980 e. The molecular weight excluding hydrogens is 205 g/mol. The summed E-state index contributed by atoms with van der Waals surface area (Å²) in [5.74, 6) is 0.688. The highest BCUT2D eigenvalue weighted by Gasteiger charge is 2.35. The summed E-state index contributed by atoms with van der Waals surface area (Å²) < 4.78 is 18.4. The molecule has 1 aliphatic heterocycles. The Morgan fingerprint density at radius 1 is 1.69 bits per heavy atom. The Hall–Kier alpha value is -0.830. The minimum absolute atomic E-state index is 0.220. The van der Waals surface area contributed by atoms with Crippen molar-refractivity contribution in [2.75, 3.05) is 26.2 Å². The molecule has 1 fully saturated rings. The third-order valence-electron chi connectivity index (χ3n) is 3.26. The summed E-state index contributed by atoms with van der Waals surface area (Å²) in [7, 11) is 0. The Labute approximate surface area is 97.8 Å². The van der Waals surface area contributed by atoms with Gasteiger partial charge in [-0.3, -0.25) is 0 Å². The fraction of sp³-hybridized carbons (Fsp3) is 0.692. The van der Waals surface area contributed by atoms with Gasteiger partial charge in [-0.15, -0.1) is 0 Å². The van der Waals surface area contributed by atoms with Gasteiger partial charge in [-0.2, -0.15) is 0 Å². The van der Waals surface area contributed by atoms with Crippen molar-refractivity contribution in [3.8, 4) is 0 Å². The molecule has 0 spiro atoms. The van der Waals surface area contributed by atoms with Crippen LogP contribution < -0.4 is 0 Å². The zero-order valence-corrected chi connectivity index (χ0v) is 10.6. The van der Waals surface area contributed by atoms with E-state index in [4.69, 9.17) is 4.74 Å². The first-order valence-corrected chi connectivity index (χ1v) is 5.82. The van der Waals surface area contributed by atoms with E-state index in [1.165, 1.54) is 0 Å². The van der Waals surface area contributed by atoms with Gasteiger partial charge in [0.15, 0.2) is 0 Å². The molecule has 0 aromatic carbocycles. The largest absolute Gasteiger partial charge is 0.498 e. The molecule has 0 N–H and O–H groups in total. The van der Waals surface area contributed by atoms with Crippen LogP contribution in [-0.2, 0) is 4.74 Å². The van der Waals surface area contributed by atoms with Crippen LogP contribution >= 0.6 is 0 Å². The number of halogens is 1. The standard InChI is InChI=1S/C13H22FNO/c1-5-15-7-6-12(8-14)13(4,9-15)10-16-11(2)3/h8H,2,5-7,9-10H2,1,3-4H3/b12-8+/t13-/m0/s1. The Morgan fingerprint density at radius 3 is 2.88 bits per heavy atom. The van der Waals surface area contributed by atoms with E-state index in [-0.39, 0.29) is 5.41 Å². The summed E-state index contributed by atoms with van der Waals surface area (Å²) in [6, 6.07) is 0. The molecule has 0 radical (unpaired) electrons. The Morgan fingerprint density at radius 2 is 2.38 bits per heavy atom. The van der Waals surface area contributed by atoms with Crippen molar-refractivity contribution in [3.63, 3.8) is 0 Å². The Bertz CT molecular complexity index is 288. The lowest BCUT2D eigenvalue weighted by molar-refractivity contribution is 0.0699. The summed E-state index contributed by atoms with van der Waals surface area (Å²) in [6.07, 6.45) is 1.55. The molecule has 2 nitrogen and oxygen atoms in total. The van der Waals surface area contributed by atoms with Gasteiger partial charge in [0.25, 0.3) is 0 Å². The maximum atomic E-state index is 12.9. The normalized spacial score (nSPS) is 29.4. The summed E-state index contributed by atoms with van der Waals surface area (Å²) in [4.78, 5) is 2.33. The van der Waals surface area contributed by atoms with E-state index >= 15 is 0 Å². The zero-order chi connectivity index (χ0) is 12.2. The average Bonchev–Trinajstić information content (AvgIpc) is 2.26. The molecule has 0 amide bonds. The quantitative estimate of drug-likeness (QED) is 0.684. The third kappa shape index (κ3) is 3.08. The topological polar surface area (TPSA) is 12.5 Å². The molecule has 1 saturated heterocycles. The van der Waals surface area contributed by atoms with Gasteiger partial charge in [0.1, 0.15) is 0 Å². The number of likely N-dealkylation sites (tertiary alicyclic amines) is 1. The van der Waals surface area contributed by atoms with Crippen LogP contribution in [0.25, 0.3) is 0 Å². The van der Waals surface area contributed by atoms with Crippen molar-refractivity contribution in [3.05, 3.63) is 24.2 Å². The first kappa shape index (κ1) is 13.2. The fourth-order valence-corrected chi connectivity index (χ4v) is 2.13. The lowest BCUT2D eigenvalue weighted by Crippen LogP contribution is -2.45. The minimum atomic E-state index is -0.220. The molecule has 1 heterocycles. The molecule has 1 atom stereocenters. The molecule has 0 aromatic rings. The second-order valence-corrected chi connectivity index (χ2v) is 4.80. The third-order valence-corrected chi connectivity index (χ3v) is 3.26. The van der Waals surface area contributed by atoms with Crippen LogP contribution in [0.5, 0.6) is 0 Å². The first-order chi connectivity index (χ1) is 7.51. The maximum absolute atomic E-state index is 12.9. The number of hydrogen-bond acceptors (Lipinski definition) is 2. The fourth-order valence-electron chi connectivity index (χ4n) is 2.13. The minimum Gasteiger partial charge on any atom is -0.498 e. The second kappa shape index (κ2) is 5.48. The lowest BCUT2D eigenvalue weighted by Gasteiger charge is -2.41.